The van der Waals surface area contributed by atoms with Crippen molar-refractivity contribution in [3.8, 4) is 0 Å². The molecule has 0 saturated heterocycles. The van der Waals surface area contributed by atoms with Crippen LogP contribution in [0, 0.1) is 0 Å². The van der Waals surface area contributed by atoms with Crippen LogP contribution < -0.4 is 0 Å². The second-order valence-corrected chi connectivity index (χ2v) is 12.0. The molecule has 0 unspecified atom stereocenters. The topological polar surface area (TPSA) is 17.1 Å². The van der Waals surface area contributed by atoms with E-state index in [0.717, 1.165) is 0 Å². The summed E-state index contributed by atoms with van der Waals surface area (Å²) < 4.78 is 0. The summed E-state index contributed by atoms with van der Waals surface area (Å²) in [5.74, 6) is 0. The standard InChI is InChI=1S/C5H12OSSi/c1-5(6)7-8(2,3)4/h1-4H3. The van der Waals surface area contributed by atoms with Crippen molar-refractivity contribution in [1.82, 2.24) is 0 Å². The van der Waals surface area contributed by atoms with Crippen LogP contribution in [0.1, 0.15) is 6.92 Å². The van der Waals surface area contributed by atoms with Crippen LogP contribution in [0.4, 0.5) is 0 Å². The maximum atomic E-state index is 10.5. The number of carbonyl (C=O) groups excluding carboxylic acids is 1. The Morgan fingerprint density at radius 3 is 1.75 bits per heavy atom. The molecule has 3 heteroatoms. The number of rotatable bonds is 1. The fourth-order valence-electron chi connectivity index (χ4n) is 0.431. The molecule has 0 saturated carbocycles. The van der Waals surface area contributed by atoms with Crippen LogP contribution in [0.5, 0.6) is 0 Å². The SMILES string of the molecule is CC(=O)S[Si](C)(C)C. The molecule has 0 bridgehead atoms. The highest BCUT2D eigenvalue weighted by molar-refractivity contribution is 8.39. The average Bonchev–Trinajstić information content (AvgIpc) is 1.21. The first-order chi connectivity index (χ1) is 3.42. The van der Waals surface area contributed by atoms with Crippen LogP contribution in [-0.4, -0.2) is 12.3 Å². The summed E-state index contributed by atoms with van der Waals surface area (Å²) in [6.07, 6.45) is 0. The van der Waals surface area contributed by atoms with Crippen molar-refractivity contribution in [1.29, 1.82) is 0 Å². The molecule has 0 amide bonds. The van der Waals surface area contributed by atoms with Crippen molar-refractivity contribution < 1.29 is 4.79 Å². The average molecular weight is 148 g/mol. The molecule has 0 heterocycles. The number of hydrogen-bond acceptors (Lipinski definition) is 2. The van der Waals surface area contributed by atoms with E-state index < -0.39 is 7.22 Å². The second kappa shape index (κ2) is 2.69. The Kier molecular flexibility index (Phi) is 2.77. The van der Waals surface area contributed by atoms with Crippen molar-refractivity contribution in [3.05, 3.63) is 0 Å². The predicted octanol–water partition coefficient (Wildman–Crippen LogP) is 2.10. The van der Waals surface area contributed by atoms with Gasteiger partial charge in [0.2, 0.25) is 0 Å². The third-order valence-electron chi connectivity index (χ3n) is 0.450. The van der Waals surface area contributed by atoms with Crippen molar-refractivity contribution in [2.45, 2.75) is 26.6 Å². The van der Waals surface area contributed by atoms with Gasteiger partial charge < -0.3 is 0 Å². The van der Waals surface area contributed by atoms with Gasteiger partial charge in [0.1, 0.15) is 7.22 Å². The lowest BCUT2D eigenvalue weighted by molar-refractivity contribution is -0.109. The van der Waals surface area contributed by atoms with Crippen LogP contribution in [0.15, 0.2) is 0 Å². The molecule has 8 heavy (non-hydrogen) atoms. The molecule has 0 fully saturated rings. The lowest BCUT2D eigenvalue weighted by atomic mass is 10.9. The maximum absolute atomic E-state index is 10.5. The van der Waals surface area contributed by atoms with E-state index in [0.29, 0.717) is 0 Å². The summed E-state index contributed by atoms with van der Waals surface area (Å²) in [7, 11) is -1.15. The van der Waals surface area contributed by atoms with Gasteiger partial charge in [-0.3, -0.25) is 4.79 Å². The summed E-state index contributed by atoms with van der Waals surface area (Å²) in [6, 6.07) is 0. The van der Waals surface area contributed by atoms with Gasteiger partial charge in [0.05, 0.1) is 0 Å². The van der Waals surface area contributed by atoms with Crippen molar-refractivity contribution >= 4 is 23.5 Å². The molecule has 0 aliphatic carbocycles. The van der Waals surface area contributed by atoms with Crippen LogP contribution in [-0.2, 0) is 4.79 Å². The number of hydrogen-bond donors (Lipinski definition) is 0. The molecule has 0 aromatic rings. The molecule has 0 spiro atoms. The Morgan fingerprint density at radius 2 is 1.75 bits per heavy atom. The minimum Gasteiger partial charge on any atom is -0.288 e. The molecular weight excluding hydrogens is 136 g/mol. The minimum atomic E-state index is -1.15. The van der Waals surface area contributed by atoms with E-state index in [1.165, 1.54) is 11.2 Å². The van der Waals surface area contributed by atoms with E-state index in [1.54, 1.807) is 6.92 Å². The van der Waals surface area contributed by atoms with E-state index >= 15 is 0 Å². The first kappa shape index (κ1) is 8.24. The largest absolute Gasteiger partial charge is 0.288 e. The van der Waals surface area contributed by atoms with Gasteiger partial charge in [-0.1, -0.05) is 19.6 Å². The fraction of sp³-hybridized carbons (Fsp3) is 0.800. The Labute approximate surface area is 55.5 Å². The zero-order chi connectivity index (χ0) is 6.78. The third-order valence-corrected chi connectivity index (χ3v) is 4.05. The van der Waals surface area contributed by atoms with Gasteiger partial charge in [0.25, 0.3) is 0 Å². The highest BCUT2D eigenvalue weighted by atomic mass is 32.4. The fourth-order valence-corrected chi connectivity index (χ4v) is 3.88. The molecule has 0 aromatic heterocycles. The van der Waals surface area contributed by atoms with Gasteiger partial charge in [-0.2, -0.15) is 0 Å². The normalized spacial score (nSPS) is 11.5. The van der Waals surface area contributed by atoms with Crippen LogP contribution in [0.3, 0.4) is 0 Å². The Morgan fingerprint density at radius 1 is 1.38 bits per heavy atom. The molecule has 0 rings (SSSR count). The molecule has 0 atom stereocenters. The quantitative estimate of drug-likeness (QED) is 0.530. The summed E-state index contributed by atoms with van der Waals surface area (Å²) in [6.45, 7) is 8.13. The summed E-state index contributed by atoms with van der Waals surface area (Å²) in [4.78, 5) is 10.5. The molecule has 1 nitrogen and oxygen atoms in total. The molecule has 0 aliphatic rings. The van der Waals surface area contributed by atoms with Crippen molar-refractivity contribution in [2.24, 2.45) is 0 Å². The lowest BCUT2D eigenvalue weighted by Gasteiger charge is -2.10. The van der Waals surface area contributed by atoms with E-state index in [1.807, 2.05) is 0 Å². The van der Waals surface area contributed by atoms with E-state index in [-0.39, 0.29) is 5.12 Å². The smallest absolute Gasteiger partial charge is 0.180 e. The molecule has 0 radical (unpaired) electrons. The Hall–Kier alpha value is 0.237. The minimum absolute atomic E-state index is 0.254. The molecule has 48 valence electrons. The van der Waals surface area contributed by atoms with Crippen LogP contribution in [0.25, 0.3) is 0 Å². The number of carbonyl (C=O) groups is 1. The highest BCUT2D eigenvalue weighted by Gasteiger charge is 2.15. The van der Waals surface area contributed by atoms with Gasteiger partial charge in [-0.15, -0.1) is 11.2 Å². The molecule has 0 aliphatic heterocycles. The Balaban J connectivity index is 3.55. The van der Waals surface area contributed by atoms with Gasteiger partial charge in [-0.25, -0.2) is 0 Å². The third kappa shape index (κ3) is 6.24. The van der Waals surface area contributed by atoms with E-state index in [4.69, 9.17) is 0 Å². The molecule has 0 aromatic carbocycles. The second-order valence-electron chi connectivity index (χ2n) is 2.71. The predicted molar refractivity (Wildman–Crippen MR) is 41.6 cm³/mol. The van der Waals surface area contributed by atoms with Gasteiger partial charge in [-0.05, 0) is 0 Å². The summed E-state index contributed by atoms with van der Waals surface area (Å²) in [5.41, 5.74) is 0. The molecule has 0 N–H and O–H groups in total. The first-order valence-electron chi connectivity index (χ1n) is 2.61. The summed E-state index contributed by atoms with van der Waals surface area (Å²) in [5, 5.41) is 0.254. The monoisotopic (exact) mass is 148 g/mol. The van der Waals surface area contributed by atoms with E-state index in [2.05, 4.69) is 19.6 Å². The van der Waals surface area contributed by atoms with Gasteiger partial charge in [0, 0.05) is 6.92 Å². The summed E-state index contributed by atoms with van der Waals surface area (Å²) >= 11 is 1.51. The zero-order valence-corrected chi connectivity index (χ0v) is 7.63. The van der Waals surface area contributed by atoms with E-state index in [9.17, 15) is 4.79 Å². The lowest BCUT2D eigenvalue weighted by Crippen LogP contribution is -2.15. The first-order valence-corrected chi connectivity index (χ1v) is 7.65. The molecular formula is C5H12OSSi. The van der Waals surface area contributed by atoms with Crippen molar-refractivity contribution in [3.63, 3.8) is 0 Å². The maximum Gasteiger partial charge on any atom is 0.180 e. The van der Waals surface area contributed by atoms with Gasteiger partial charge in [0.15, 0.2) is 5.12 Å². The zero-order valence-electron chi connectivity index (χ0n) is 5.82. The van der Waals surface area contributed by atoms with Crippen LogP contribution >= 0.6 is 11.2 Å². The highest BCUT2D eigenvalue weighted by Crippen LogP contribution is 2.19. The Bertz CT molecular complexity index is 95.1. The van der Waals surface area contributed by atoms with Crippen LogP contribution in [0.2, 0.25) is 19.6 Å². The van der Waals surface area contributed by atoms with Gasteiger partial charge >= 0.3 is 0 Å². The van der Waals surface area contributed by atoms with Crippen molar-refractivity contribution in [2.75, 3.05) is 0 Å².